The van der Waals surface area contributed by atoms with Crippen LogP contribution in [0.25, 0.3) is 0 Å². The molecule has 2 atom stereocenters. The standard InChI is InChI=1S/C25H30O/c1-17-7-3-5-9-22(17)24(19-11-12-19)15-21(26)16-25(20-13-14-20)23-10-6-4-8-18(23)2/h3-10,19-20,24-25H,11-16H2,1-2H3/t24-,25+. The Balaban J connectivity index is 1.50. The lowest BCUT2D eigenvalue weighted by molar-refractivity contribution is -0.120. The lowest BCUT2D eigenvalue weighted by Gasteiger charge is -2.22. The number of carbonyl (C=O) groups is 1. The van der Waals surface area contributed by atoms with Crippen LogP contribution in [0.3, 0.4) is 0 Å². The maximum absolute atomic E-state index is 13.1. The van der Waals surface area contributed by atoms with E-state index in [1.165, 1.54) is 47.9 Å². The van der Waals surface area contributed by atoms with Gasteiger partial charge in [-0.3, -0.25) is 4.79 Å². The Labute approximate surface area is 157 Å². The Morgan fingerprint density at radius 2 is 1.15 bits per heavy atom. The van der Waals surface area contributed by atoms with E-state index in [1.54, 1.807) is 0 Å². The van der Waals surface area contributed by atoms with Crippen LogP contribution in [0.1, 0.15) is 72.6 Å². The summed E-state index contributed by atoms with van der Waals surface area (Å²) >= 11 is 0. The summed E-state index contributed by atoms with van der Waals surface area (Å²) in [7, 11) is 0. The Morgan fingerprint density at radius 3 is 1.50 bits per heavy atom. The third-order valence-corrected chi connectivity index (χ3v) is 6.45. The average molecular weight is 347 g/mol. The summed E-state index contributed by atoms with van der Waals surface area (Å²) in [5, 5.41) is 0. The molecule has 0 saturated heterocycles. The second-order valence-electron chi connectivity index (χ2n) is 8.55. The lowest BCUT2D eigenvalue weighted by atomic mass is 9.82. The van der Waals surface area contributed by atoms with Gasteiger partial charge in [-0.05, 0) is 85.5 Å². The fourth-order valence-corrected chi connectivity index (χ4v) is 4.64. The lowest BCUT2D eigenvalue weighted by Crippen LogP contribution is -2.15. The molecule has 2 aromatic rings. The second-order valence-corrected chi connectivity index (χ2v) is 8.55. The van der Waals surface area contributed by atoms with Gasteiger partial charge >= 0.3 is 0 Å². The molecule has 136 valence electrons. The minimum atomic E-state index is 0.431. The summed E-state index contributed by atoms with van der Waals surface area (Å²) in [6.07, 6.45) is 6.60. The molecule has 0 radical (unpaired) electrons. The molecule has 1 heteroatoms. The summed E-state index contributed by atoms with van der Waals surface area (Å²) in [5.41, 5.74) is 5.49. The van der Waals surface area contributed by atoms with Crippen LogP contribution >= 0.6 is 0 Å². The van der Waals surface area contributed by atoms with Gasteiger partial charge in [-0.1, -0.05) is 48.5 Å². The van der Waals surface area contributed by atoms with Gasteiger partial charge in [0.2, 0.25) is 0 Å². The van der Waals surface area contributed by atoms with Gasteiger partial charge in [0.05, 0.1) is 0 Å². The second kappa shape index (κ2) is 7.39. The number of ketones is 1. The zero-order valence-corrected chi connectivity index (χ0v) is 16.1. The Morgan fingerprint density at radius 1 is 0.769 bits per heavy atom. The first-order chi connectivity index (χ1) is 12.6. The van der Waals surface area contributed by atoms with E-state index in [9.17, 15) is 4.79 Å². The normalized spacial score (nSPS) is 19.2. The Hall–Kier alpha value is -1.89. The van der Waals surface area contributed by atoms with Crippen LogP contribution < -0.4 is 0 Å². The number of hydrogen-bond acceptors (Lipinski definition) is 1. The van der Waals surface area contributed by atoms with Crippen LogP contribution in [0.4, 0.5) is 0 Å². The van der Waals surface area contributed by atoms with E-state index < -0.39 is 0 Å². The van der Waals surface area contributed by atoms with Gasteiger partial charge in [0.25, 0.3) is 0 Å². The van der Waals surface area contributed by atoms with Gasteiger partial charge in [0.15, 0.2) is 0 Å². The average Bonchev–Trinajstić information content (AvgIpc) is 3.52. The van der Waals surface area contributed by atoms with Crippen LogP contribution in [0.5, 0.6) is 0 Å². The predicted octanol–water partition coefficient (Wildman–Crippen LogP) is 6.34. The molecule has 2 aliphatic carbocycles. The fourth-order valence-electron chi connectivity index (χ4n) is 4.64. The summed E-state index contributed by atoms with van der Waals surface area (Å²) in [6.45, 7) is 4.38. The number of hydrogen-bond donors (Lipinski definition) is 0. The van der Waals surface area contributed by atoms with Crippen LogP contribution in [0.15, 0.2) is 48.5 Å². The summed E-state index contributed by atoms with van der Waals surface area (Å²) < 4.78 is 0. The molecule has 1 nitrogen and oxygen atoms in total. The van der Waals surface area contributed by atoms with Crippen LogP contribution in [0.2, 0.25) is 0 Å². The smallest absolute Gasteiger partial charge is 0.134 e. The third-order valence-electron chi connectivity index (χ3n) is 6.45. The van der Waals surface area contributed by atoms with Crippen molar-refractivity contribution in [2.45, 2.75) is 64.2 Å². The van der Waals surface area contributed by atoms with E-state index in [-0.39, 0.29) is 0 Å². The van der Waals surface area contributed by atoms with Crippen molar-refractivity contribution in [2.24, 2.45) is 11.8 Å². The zero-order chi connectivity index (χ0) is 18.1. The van der Waals surface area contributed by atoms with Crippen molar-refractivity contribution in [1.82, 2.24) is 0 Å². The molecule has 0 N–H and O–H groups in total. The van der Waals surface area contributed by atoms with Crippen LogP contribution in [0, 0.1) is 25.7 Å². The first-order valence-corrected chi connectivity index (χ1v) is 10.3. The molecule has 2 aliphatic rings. The molecular weight excluding hydrogens is 316 g/mol. The Bertz CT molecular complexity index is 717. The molecule has 0 aromatic heterocycles. The minimum absolute atomic E-state index is 0.431. The highest BCUT2D eigenvalue weighted by atomic mass is 16.1. The zero-order valence-electron chi connectivity index (χ0n) is 16.1. The van der Waals surface area contributed by atoms with Gasteiger partial charge in [0, 0.05) is 12.8 Å². The van der Waals surface area contributed by atoms with Crippen molar-refractivity contribution in [3.8, 4) is 0 Å². The molecule has 0 amide bonds. The number of carbonyl (C=O) groups excluding carboxylic acids is 1. The highest BCUT2D eigenvalue weighted by molar-refractivity contribution is 5.80. The fraction of sp³-hybridized carbons (Fsp3) is 0.480. The van der Waals surface area contributed by atoms with Gasteiger partial charge in [-0.25, -0.2) is 0 Å². The molecule has 2 aromatic carbocycles. The molecule has 2 fully saturated rings. The quantitative estimate of drug-likeness (QED) is 0.545. The molecule has 0 bridgehead atoms. The van der Waals surface area contributed by atoms with Crippen molar-refractivity contribution in [2.75, 3.05) is 0 Å². The molecule has 0 aliphatic heterocycles. The van der Waals surface area contributed by atoms with E-state index in [0.29, 0.717) is 17.6 Å². The van der Waals surface area contributed by atoms with Crippen molar-refractivity contribution in [3.05, 3.63) is 70.8 Å². The van der Waals surface area contributed by atoms with Crippen molar-refractivity contribution < 1.29 is 4.79 Å². The van der Waals surface area contributed by atoms with Gasteiger partial charge in [-0.15, -0.1) is 0 Å². The molecular formula is C25H30O. The predicted molar refractivity (Wildman–Crippen MR) is 108 cm³/mol. The summed E-state index contributed by atoms with van der Waals surface area (Å²) in [6, 6.07) is 17.3. The van der Waals surface area contributed by atoms with Crippen LogP contribution in [-0.2, 0) is 4.79 Å². The van der Waals surface area contributed by atoms with Crippen LogP contribution in [-0.4, -0.2) is 5.78 Å². The number of aryl methyl sites for hydroxylation is 2. The Kier molecular flexibility index (Phi) is 4.98. The maximum Gasteiger partial charge on any atom is 0.134 e. The molecule has 0 heterocycles. The summed E-state index contributed by atoms with van der Waals surface area (Å²) in [4.78, 5) is 13.1. The molecule has 4 rings (SSSR count). The van der Waals surface area contributed by atoms with E-state index in [1.807, 2.05) is 0 Å². The molecule has 26 heavy (non-hydrogen) atoms. The van der Waals surface area contributed by atoms with E-state index >= 15 is 0 Å². The third kappa shape index (κ3) is 3.92. The highest BCUT2D eigenvalue weighted by Crippen LogP contribution is 2.48. The van der Waals surface area contributed by atoms with Crippen molar-refractivity contribution >= 4 is 5.78 Å². The first-order valence-electron chi connectivity index (χ1n) is 10.3. The van der Waals surface area contributed by atoms with Gasteiger partial charge < -0.3 is 0 Å². The van der Waals surface area contributed by atoms with Crippen molar-refractivity contribution in [3.63, 3.8) is 0 Å². The number of benzene rings is 2. The van der Waals surface area contributed by atoms with Crippen molar-refractivity contribution in [1.29, 1.82) is 0 Å². The van der Waals surface area contributed by atoms with Gasteiger partial charge in [-0.2, -0.15) is 0 Å². The largest absolute Gasteiger partial charge is 0.300 e. The minimum Gasteiger partial charge on any atom is -0.300 e. The topological polar surface area (TPSA) is 17.1 Å². The van der Waals surface area contributed by atoms with E-state index in [2.05, 4.69) is 62.4 Å². The summed E-state index contributed by atoms with van der Waals surface area (Å²) in [5.74, 6) is 2.77. The maximum atomic E-state index is 13.1. The first kappa shape index (κ1) is 17.5. The van der Waals surface area contributed by atoms with Gasteiger partial charge in [0.1, 0.15) is 5.78 Å². The molecule has 2 saturated carbocycles. The molecule has 0 spiro atoms. The monoisotopic (exact) mass is 346 g/mol. The molecule has 0 unspecified atom stereocenters. The highest BCUT2D eigenvalue weighted by Gasteiger charge is 2.37. The SMILES string of the molecule is Cc1ccccc1[C@@H](CC(=O)C[C@@H](c1ccccc1C)C1CC1)C1CC1. The number of rotatable bonds is 8. The van der Waals surface area contributed by atoms with E-state index in [4.69, 9.17) is 0 Å². The number of Topliss-reactive ketones (excluding diaryl/α,β-unsaturated/α-hetero) is 1. The van der Waals surface area contributed by atoms with E-state index in [0.717, 1.165) is 24.7 Å².